The van der Waals surface area contributed by atoms with Gasteiger partial charge in [-0.2, -0.15) is 0 Å². The monoisotopic (exact) mass is 289 g/mol. The number of halogens is 1. The van der Waals surface area contributed by atoms with E-state index in [0.717, 1.165) is 37.3 Å². The minimum atomic E-state index is 0.356. The molecule has 104 valence electrons. The van der Waals surface area contributed by atoms with E-state index in [1.807, 2.05) is 18.5 Å². The Balaban J connectivity index is 1.75. The van der Waals surface area contributed by atoms with Crippen molar-refractivity contribution >= 4 is 17.5 Å². The molecule has 0 aromatic carbocycles. The standard InChI is InChI=1S/C14H16ClN5/c1-9-4-13(15)17-5-10(9)7-20-3-2-12-11(8-20)6-18-14(16)19-12/h4-6H,2-3,7-8H2,1H3,(H2,16,18,19). The fourth-order valence-electron chi connectivity index (χ4n) is 2.48. The highest BCUT2D eigenvalue weighted by atomic mass is 35.5. The van der Waals surface area contributed by atoms with Crippen molar-refractivity contribution in [3.8, 4) is 0 Å². The molecule has 0 amide bonds. The van der Waals surface area contributed by atoms with Gasteiger partial charge in [0.15, 0.2) is 0 Å². The Morgan fingerprint density at radius 3 is 3.00 bits per heavy atom. The van der Waals surface area contributed by atoms with Crippen LogP contribution in [-0.4, -0.2) is 26.4 Å². The number of hydrogen-bond acceptors (Lipinski definition) is 5. The van der Waals surface area contributed by atoms with Gasteiger partial charge in [0.25, 0.3) is 0 Å². The quantitative estimate of drug-likeness (QED) is 0.856. The van der Waals surface area contributed by atoms with Gasteiger partial charge < -0.3 is 5.73 Å². The summed E-state index contributed by atoms with van der Waals surface area (Å²) >= 11 is 5.89. The highest BCUT2D eigenvalue weighted by molar-refractivity contribution is 6.29. The van der Waals surface area contributed by atoms with Gasteiger partial charge in [0.1, 0.15) is 5.15 Å². The number of nitrogens with two attached hydrogens (primary N) is 1. The molecule has 0 saturated carbocycles. The van der Waals surface area contributed by atoms with Crippen molar-refractivity contribution in [3.63, 3.8) is 0 Å². The molecule has 2 aromatic heterocycles. The average Bonchev–Trinajstić information content (AvgIpc) is 2.42. The number of pyridine rings is 1. The van der Waals surface area contributed by atoms with E-state index in [1.165, 1.54) is 11.1 Å². The van der Waals surface area contributed by atoms with E-state index in [1.54, 1.807) is 0 Å². The first-order valence-corrected chi connectivity index (χ1v) is 6.93. The molecule has 0 atom stereocenters. The number of hydrogen-bond donors (Lipinski definition) is 1. The molecule has 1 aliphatic heterocycles. The van der Waals surface area contributed by atoms with Gasteiger partial charge in [0, 0.05) is 44.0 Å². The third-order valence-electron chi connectivity index (χ3n) is 3.61. The van der Waals surface area contributed by atoms with Crippen LogP contribution in [0, 0.1) is 6.92 Å². The first kappa shape index (κ1) is 13.3. The molecule has 0 bridgehead atoms. The van der Waals surface area contributed by atoms with Crippen LogP contribution >= 0.6 is 11.6 Å². The van der Waals surface area contributed by atoms with Gasteiger partial charge in [0.2, 0.25) is 5.95 Å². The van der Waals surface area contributed by atoms with Gasteiger partial charge in [-0.1, -0.05) is 11.6 Å². The van der Waals surface area contributed by atoms with Crippen LogP contribution in [0.5, 0.6) is 0 Å². The number of nitrogens with zero attached hydrogens (tertiary/aromatic N) is 4. The maximum Gasteiger partial charge on any atom is 0.220 e. The normalized spacial score (nSPS) is 15.1. The second kappa shape index (κ2) is 5.34. The van der Waals surface area contributed by atoms with Crippen molar-refractivity contribution in [2.24, 2.45) is 0 Å². The molecule has 0 aliphatic carbocycles. The number of anilines is 1. The first-order valence-electron chi connectivity index (χ1n) is 6.55. The summed E-state index contributed by atoms with van der Waals surface area (Å²) in [5.74, 6) is 0.356. The Morgan fingerprint density at radius 1 is 1.35 bits per heavy atom. The Bertz CT molecular complexity index is 643. The molecule has 6 heteroatoms. The van der Waals surface area contributed by atoms with Crippen molar-refractivity contribution in [2.45, 2.75) is 26.4 Å². The highest BCUT2D eigenvalue weighted by Crippen LogP contribution is 2.20. The molecule has 0 saturated heterocycles. The number of nitrogen functional groups attached to an aromatic ring is 1. The van der Waals surface area contributed by atoms with Crippen molar-refractivity contribution in [3.05, 3.63) is 46.0 Å². The maximum absolute atomic E-state index is 5.89. The van der Waals surface area contributed by atoms with E-state index in [4.69, 9.17) is 17.3 Å². The van der Waals surface area contributed by atoms with E-state index >= 15 is 0 Å². The van der Waals surface area contributed by atoms with Crippen LogP contribution in [0.3, 0.4) is 0 Å². The maximum atomic E-state index is 5.89. The lowest BCUT2D eigenvalue weighted by Crippen LogP contribution is -2.31. The second-order valence-corrected chi connectivity index (χ2v) is 5.48. The van der Waals surface area contributed by atoms with Crippen molar-refractivity contribution in [1.29, 1.82) is 0 Å². The predicted octanol–water partition coefficient (Wildman–Crippen LogP) is 1.97. The molecule has 3 rings (SSSR count). The van der Waals surface area contributed by atoms with Gasteiger partial charge in [-0.05, 0) is 24.1 Å². The van der Waals surface area contributed by atoms with Crippen LogP contribution in [0.4, 0.5) is 5.95 Å². The van der Waals surface area contributed by atoms with Crippen LogP contribution in [0.25, 0.3) is 0 Å². The molecule has 0 unspecified atom stereocenters. The van der Waals surface area contributed by atoms with Crippen LogP contribution in [0.2, 0.25) is 5.15 Å². The molecule has 0 fully saturated rings. The summed E-state index contributed by atoms with van der Waals surface area (Å²) in [6.45, 7) is 4.73. The molecule has 2 aromatic rings. The summed E-state index contributed by atoms with van der Waals surface area (Å²) in [6, 6.07) is 1.90. The predicted molar refractivity (Wildman–Crippen MR) is 78.2 cm³/mol. The number of fused-ring (bicyclic) bond motifs is 1. The third-order valence-corrected chi connectivity index (χ3v) is 3.82. The first-order chi connectivity index (χ1) is 9.61. The largest absolute Gasteiger partial charge is 0.368 e. The number of aryl methyl sites for hydroxylation is 1. The highest BCUT2D eigenvalue weighted by Gasteiger charge is 2.18. The van der Waals surface area contributed by atoms with E-state index in [9.17, 15) is 0 Å². The van der Waals surface area contributed by atoms with Gasteiger partial charge in [-0.15, -0.1) is 0 Å². The van der Waals surface area contributed by atoms with Crippen LogP contribution in [0.1, 0.15) is 22.4 Å². The fourth-order valence-corrected chi connectivity index (χ4v) is 2.69. The zero-order valence-electron chi connectivity index (χ0n) is 11.3. The van der Waals surface area contributed by atoms with E-state index < -0.39 is 0 Å². The molecule has 0 spiro atoms. The smallest absolute Gasteiger partial charge is 0.220 e. The molecular weight excluding hydrogens is 274 g/mol. The van der Waals surface area contributed by atoms with Gasteiger partial charge in [-0.3, -0.25) is 4.90 Å². The summed E-state index contributed by atoms with van der Waals surface area (Å²) in [7, 11) is 0. The van der Waals surface area contributed by atoms with Crippen LogP contribution in [0.15, 0.2) is 18.5 Å². The van der Waals surface area contributed by atoms with Gasteiger partial charge in [0.05, 0.1) is 5.69 Å². The lowest BCUT2D eigenvalue weighted by Gasteiger charge is -2.28. The van der Waals surface area contributed by atoms with Crippen molar-refractivity contribution in [1.82, 2.24) is 19.9 Å². The lowest BCUT2D eigenvalue weighted by molar-refractivity contribution is 0.242. The van der Waals surface area contributed by atoms with Crippen molar-refractivity contribution < 1.29 is 0 Å². The van der Waals surface area contributed by atoms with E-state index in [2.05, 4.69) is 26.8 Å². The molecule has 1 aliphatic rings. The minimum absolute atomic E-state index is 0.356. The average molecular weight is 290 g/mol. The summed E-state index contributed by atoms with van der Waals surface area (Å²) in [6.07, 6.45) is 4.59. The lowest BCUT2D eigenvalue weighted by atomic mass is 10.1. The molecule has 0 radical (unpaired) electrons. The summed E-state index contributed by atoms with van der Waals surface area (Å²) in [5, 5.41) is 0.541. The number of rotatable bonds is 2. The zero-order chi connectivity index (χ0) is 14.1. The number of aromatic nitrogens is 3. The van der Waals surface area contributed by atoms with Crippen LogP contribution in [-0.2, 0) is 19.5 Å². The minimum Gasteiger partial charge on any atom is -0.368 e. The Kier molecular flexibility index (Phi) is 3.54. The second-order valence-electron chi connectivity index (χ2n) is 5.09. The Labute approximate surface area is 122 Å². The Hall–Kier alpha value is -1.72. The summed E-state index contributed by atoms with van der Waals surface area (Å²) < 4.78 is 0. The van der Waals surface area contributed by atoms with E-state index in [-0.39, 0.29) is 0 Å². The molecule has 2 N–H and O–H groups in total. The Morgan fingerprint density at radius 2 is 2.20 bits per heavy atom. The van der Waals surface area contributed by atoms with Gasteiger partial charge >= 0.3 is 0 Å². The van der Waals surface area contributed by atoms with Gasteiger partial charge in [-0.25, -0.2) is 15.0 Å². The summed E-state index contributed by atoms with van der Waals surface area (Å²) in [5.41, 5.74) is 10.2. The van der Waals surface area contributed by atoms with Crippen LogP contribution < -0.4 is 5.73 Å². The topological polar surface area (TPSA) is 67.9 Å². The fraction of sp³-hybridized carbons (Fsp3) is 0.357. The molecular formula is C14H16ClN5. The SMILES string of the molecule is Cc1cc(Cl)ncc1CN1CCc2nc(N)ncc2C1. The molecule has 5 nitrogen and oxygen atoms in total. The molecule has 20 heavy (non-hydrogen) atoms. The molecule has 3 heterocycles. The zero-order valence-corrected chi connectivity index (χ0v) is 12.1. The van der Waals surface area contributed by atoms with Crippen molar-refractivity contribution in [2.75, 3.05) is 12.3 Å². The third kappa shape index (κ3) is 2.73. The van der Waals surface area contributed by atoms with E-state index in [0.29, 0.717) is 11.1 Å². The summed E-state index contributed by atoms with van der Waals surface area (Å²) in [4.78, 5) is 14.9.